The molecule has 0 spiro atoms. The highest BCUT2D eigenvalue weighted by molar-refractivity contribution is 9.10. The van der Waals surface area contributed by atoms with Crippen LogP contribution >= 0.6 is 27.5 Å². The number of nitrogens with one attached hydrogen (secondary N) is 1. The molecular weight excluding hydrogens is 427 g/mol. The van der Waals surface area contributed by atoms with Gasteiger partial charge in [-0.3, -0.25) is 14.2 Å². The highest BCUT2D eigenvalue weighted by Crippen LogP contribution is 2.35. The number of carbonyl (C=O) groups excluding carboxylic acids is 1. The van der Waals surface area contributed by atoms with Crippen molar-refractivity contribution in [3.05, 3.63) is 33.3 Å². The van der Waals surface area contributed by atoms with E-state index in [1.54, 1.807) is 19.3 Å². The highest BCUT2D eigenvalue weighted by Gasteiger charge is 2.38. The van der Waals surface area contributed by atoms with E-state index in [9.17, 15) is 18.0 Å². The summed E-state index contributed by atoms with van der Waals surface area (Å²) < 4.78 is 41.7. The van der Waals surface area contributed by atoms with Crippen molar-refractivity contribution in [1.29, 1.82) is 0 Å². The minimum atomic E-state index is -4.59. The summed E-state index contributed by atoms with van der Waals surface area (Å²) in [5.74, 6) is -0.234. The Morgan fingerprint density at radius 3 is 2.68 bits per heavy atom. The monoisotopic (exact) mass is 441 g/mol. The van der Waals surface area contributed by atoms with Gasteiger partial charge in [-0.2, -0.15) is 23.4 Å². The zero-order valence-corrected chi connectivity index (χ0v) is 15.8. The Morgan fingerprint density at radius 2 is 2.16 bits per heavy atom. The average molecular weight is 443 g/mol. The molecule has 2 heterocycles. The van der Waals surface area contributed by atoms with Gasteiger partial charge in [0.15, 0.2) is 5.69 Å². The second-order valence-corrected chi connectivity index (χ2v) is 6.72. The Hall–Kier alpha value is -1.55. The molecule has 1 amide bonds. The van der Waals surface area contributed by atoms with E-state index in [1.165, 1.54) is 16.3 Å². The molecule has 2 aromatic heterocycles. The summed E-state index contributed by atoms with van der Waals surface area (Å²) in [5.41, 5.74) is -0.844. The fourth-order valence-corrected chi connectivity index (χ4v) is 2.70. The van der Waals surface area contributed by atoms with Crippen molar-refractivity contribution in [2.45, 2.75) is 39.0 Å². The largest absolute Gasteiger partial charge is 0.436 e. The third-order valence-corrected chi connectivity index (χ3v) is 4.46. The van der Waals surface area contributed by atoms with Gasteiger partial charge in [0, 0.05) is 19.3 Å². The van der Waals surface area contributed by atoms with Crippen molar-refractivity contribution < 1.29 is 18.0 Å². The summed E-state index contributed by atoms with van der Waals surface area (Å²) >= 11 is 8.94. The third-order valence-electron chi connectivity index (χ3n) is 3.59. The summed E-state index contributed by atoms with van der Waals surface area (Å²) in [6.07, 6.45) is -0.920. The van der Waals surface area contributed by atoms with Crippen LogP contribution in [0.5, 0.6) is 0 Å². The molecule has 6 nitrogen and oxygen atoms in total. The number of amides is 1. The first kappa shape index (κ1) is 19.8. The maximum Gasteiger partial charge on any atom is 0.436 e. The molecule has 0 aliphatic carbocycles. The number of nitrogens with zero attached hydrogens (tertiary/aromatic N) is 4. The molecule has 11 heteroatoms. The van der Waals surface area contributed by atoms with Gasteiger partial charge in [-0.1, -0.05) is 11.6 Å². The predicted octanol–water partition coefficient (Wildman–Crippen LogP) is 3.59. The van der Waals surface area contributed by atoms with E-state index in [1.807, 2.05) is 0 Å². The van der Waals surface area contributed by atoms with Crippen LogP contribution in [0.1, 0.15) is 30.8 Å². The minimum absolute atomic E-state index is 0.212. The number of hydrogen-bond acceptors (Lipinski definition) is 3. The van der Waals surface area contributed by atoms with E-state index in [-0.39, 0.29) is 18.1 Å². The topological polar surface area (TPSA) is 64.7 Å². The summed E-state index contributed by atoms with van der Waals surface area (Å²) in [6, 6.07) is -0.496. The number of carbonyl (C=O) groups is 1. The number of halogens is 5. The van der Waals surface area contributed by atoms with Crippen LogP contribution in [0.2, 0.25) is 5.02 Å². The van der Waals surface area contributed by atoms with Crippen molar-refractivity contribution in [2.75, 3.05) is 6.54 Å². The van der Waals surface area contributed by atoms with E-state index >= 15 is 0 Å². The summed E-state index contributed by atoms with van der Waals surface area (Å²) in [5, 5.41) is 9.87. The SMILES string of the molecule is Cc1c(Cl)c(C(F)(F)F)nn1CCCNC(=O)C(C)n1cc(Br)cn1. The lowest BCUT2D eigenvalue weighted by Gasteiger charge is -2.12. The van der Waals surface area contributed by atoms with Crippen molar-refractivity contribution in [3.63, 3.8) is 0 Å². The molecule has 0 saturated heterocycles. The second-order valence-electron chi connectivity index (χ2n) is 5.43. The Balaban J connectivity index is 1.86. The van der Waals surface area contributed by atoms with E-state index in [0.29, 0.717) is 13.0 Å². The van der Waals surface area contributed by atoms with Crippen LogP contribution in [0, 0.1) is 6.92 Å². The maximum atomic E-state index is 12.8. The van der Waals surface area contributed by atoms with Gasteiger partial charge < -0.3 is 5.32 Å². The summed E-state index contributed by atoms with van der Waals surface area (Å²) in [4.78, 5) is 12.0. The molecule has 1 atom stereocenters. The van der Waals surface area contributed by atoms with Crippen LogP contribution in [0.4, 0.5) is 13.2 Å². The first-order chi connectivity index (χ1) is 11.6. The predicted molar refractivity (Wildman–Crippen MR) is 89.2 cm³/mol. The van der Waals surface area contributed by atoms with Crippen LogP contribution in [-0.4, -0.2) is 32.0 Å². The number of aryl methyl sites for hydroxylation is 1. The van der Waals surface area contributed by atoms with Crippen LogP contribution in [0.3, 0.4) is 0 Å². The Labute approximate surface area is 155 Å². The average Bonchev–Trinajstić information content (AvgIpc) is 3.08. The molecular formula is C14H16BrClF3N5O. The molecule has 138 valence electrons. The van der Waals surface area contributed by atoms with Gasteiger partial charge in [-0.05, 0) is 36.2 Å². The van der Waals surface area contributed by atoms with Crippen LogP contribution in [-0.2, 0) is 17.5 Å². The molecule has 0 bridgehead atoms. The molecule has 0 radical (unpaired) electrons. The van der Waals surface area contributed by atoms with Gasteiger partial charge in [-0.15, -0.1) is 0 Å². The molecule has 0 aliphatic heterocycles. The van der Waals surface area contributed by atoms with E-state index < -0.39 is 22.9 Å². The first-order valence-corrected chi connectivity index (χ1v) is 8.55. The van der Waals surface area contributed by atoms with Crippen molar-refractivity contribution in [1.82, 2.24) is 24.9 Å². The molecule has 2 rings (SSSR count). The highest BCUT2D eigenvalue weighted by atomic mass is 79.9. The van der Waals surface area contributed by atoms with Crippen molar-refractivity contribution in [2.24, 2.45) is 0 Å². The Kier molecular flexibility index (Phi) is 6.15. The third kappa shape index (κ3) is 4.75. The molecule has 0 fully saturated rings. The van der Waals surface area contributed by atoms with Crippen molar-refractivity contribution in [3.8, 4) is 0 Å². The molecule has 0 aromatic carbocycles. The molecule has 2 aromatic rings. The smallest absolute Gasteiger partial charge is 0.354 e. The standard InChI is InChI=1S/C14H16BrClF3N5O/c1-8-11(16)12(14(17,18)19)22-23(8)5-3-4-20-13(25)9(2)24-7-10(15)6-21-24/h6-7,9H,3-5H2,1-2H3,(H,20,25). The minimum Gasteiger partial charge on any atom is -0.354 e. The molecule has 0 saturated carbocycles. The van der Waals surface area contributed by atoms with Gasteiger partial charge >= 0.3 is 6.18 Å². The maximum absolute atomic E-state index is 12.8. The normalized spacial score (nSPS) is 13.1. The van der Waals surface area contributed by atoms with E-state index in [0.717, 1.165) is 4.47 Å². The number of alkyl halides is 3. The summed E-state index contributed by atoms with van der Waals surface area (Å²) in [6.45, 7) is 3.68. The number of hydrogen-bond donors (Lipinski definition) is 1. The lowest BCUT2D eigenvalue weighted by Crippen LogP contribution is -2.32. The van der Waals surface area contributed by atoms with Gasteiger partial charge in [0.05, 0.1) is 21.4 Å². The number of aromatic nitrogens is 4. The van der Waals surface area contributed by atoms with E-state index in [2.05, 4.69) is 31.4 Å². The molecule has 1 unspecified atom stereocenters. The zero-order chi connectivity index (χ0) is 18.8. The van der Waals surface area contributed by atoms with Crippen LogP contribution in [0.15, 0.2) is 16.9 Å². The Bertz CT molecular complexity index is 758. The fourth-order valence-electron chi connectivity index (χ4n) is 2.16. The molecule has 0 aliphatic rings. The van der Waals surface area contributed by atoms with Crippen LogP contribution in [0.25, 0.3) is 0 Å². The van der Waals surface area contributed by atoms with Crippen LogP contribution < -0.4 is 5.32 Å². The van der Waals surface area contributed by atoms with Gasteiger partial charge in [-0.25, -0.2) is 0 Å². The molecule has 25 heavy (non-hydrogen) atoms. The number of rotatable bonds is 6. The summed E-state index contributed by atoms with van der Waals surface area (Å²) in [7, 11) is 0. The van der Waals surface area contributed by atoms with E-state index in [4.69, 9.17) is 11.6 Å². The lowest BCUT2D eigenvalue weighted by molar-refractivity contribution is -0.141. The molecule has 1 N–H and O–H groups in total. The lowest BCUT2D eigenvalue weighted by atomic mass is 10.3. The van der Waals surface area contributed by atoms with Crippen molar-refractivity contribution >= 4 is 33.4 Å². The van der Waals surface area contributed by atoms with Gasteiger partial charge in [0.1, 0.15) is 6.04 Å². The quantitative estimate of drug-likeness (QED) is 0.696. The first-order valence-electron chi connectivity index (χ1n) is 7.38. The van der Waals surface area contributed by atoms with Gasteiger partial charge in [0.25, 0.3) is 0 Å². The Morgan fingerprint density at radius 1 is 1.48 bits per heavy atom. The second kappa shape index (κ2) is 7.77. The fraction of sp³-hybridized carbons (Fsp3) is 0.500. The zero-order valence-electron chi connectivity index (χ0n) is 13.4. The van der Waals surface area contributed by atoms with Gasteiger partial charge in [0.2, 0.25) is 5.91 Å².